The lowest BCUT2D eigenvalue weighted by Crippen LogP contribution is -2.13. The first-order chi connectivity index (χ1) is 14.3. The van der Waals surface area contributed by atoms with E-state index in [-0.39, 0.29) is 21.3 Å². The Kier molecular flexibility index (Phi) is 6.48. The molecule has 1 heterocycles. The lowest BCUT2D eigenvalue weighted by molar-refractivity contribution is -0.385. The molecule has 0 fully saturated rings. The third-order valence-corrected chi connectivity index (χ3v) is 5.78. The predicted octanol–water partition coefficient (Wildman–Crippen LogP) is 4.29. The number of halogens is 1. The Morgan fingerprint density at radius 2 is 1.93 bits per heavy atom. The molecule has 9 nitrogen and oxygen atoms in total. The van der Waals surface area contributed by atoms with Crippen molar-refractivity contribution in [1.82, 2.24) is 10.2 Å². The predicted molar refractivity (Wildman–Crippen MR) is 112 cm³/mol. The Balaban J connectivity index is 1.86. The van der Waals surface area contributed by atoms with Crippen molar-refractivity contribution in [3.8, 4) is 17.1 Å². The molecule has 0 spiro atoms. The number of nitrogens with zero attached hydrogens (tertiary/aromatic N) is 3. The first kappa shape index (κ1) is 21.5. The molecule has 3 aromatic rings. The summed E-state index contributed by atoms with van der Waals surface area (Å²) in [4.78, 5) is 9.88. The maximum atomic E-state index is 12.7. The first-order valence-electron chi connectivity index (χ1n) is 8.84. The summed E-state index contributed by atoms with van der Waals surface area (Å²) in [6, 6.07) is 13.1. The largest absolute Gasteiger partial charge is 0.477 e. The van der Waals surface area contributed by atoms with Crippen molar-refractivity contribution >= 4 is 33.0 Å². The topological polar surface area (TPSA) is 124 Å². The van der Waals surface area contributed by atoms with Gasteiger partial charge in [-0.2, -0.15) is 0 Å². The molecule has 3 rings (SSSR count). The van der Waals surface area contributed by atoms with Gasteiger partial charge in [0.05, 0.1) is 22.2 Å². The summed E-state index contributed by atoms with van der Waals surface area (Å²) in [5.74, 6) is 0.401. The van der Waals surface area contributed by atoms with Crippen LogP contribution < -0.4 is 9.46 Å². The molecular weight excluding hydrogens is 432 g/mol. The van der Waals surface area contributed by atoms with Crippen LogP contribution in [0.1, 0.15) is 13.3 Å². The molecule has 1 N–H and O–H groups in total. The molecule has 0 radical (unpaired) electrons. The smallest absolute Gasteiger partial charge is 0.270 e. The zero-order chi connectivity index (χ0) is 21.7. The Bertz CT molecular complexity index is 1170. The monoisotopic (exact) mass is 448 g/mol. The van der Waals surface area contributed by atoms with Crippen molar-refractivity contribution in [2.75, 3.05) is 11.3 Å². The molecule has 0 unspecified atom stereocenters. The second-order valence-corrected chi connectivity index (χ2v) is 8.22. The van der Waals surface area contributed by atoms with Gasteiger partial charge >= 0.3 is 0 Å². The second-order valence-electron chi connectivity index (χ2n) is 6.16. The maximum Gasteiger partial charge on any atom is 0.270 e. The van der Waals surface area contributed by atoms with E-state index < -0.39 is 14.9 Å². The molecular formula is C19H17ClN4O5S. The molecule has 2 aromatic carbocycles. The number of nitro groups is 1. The molecule has 0 aliphatic rings. The molecule has 30 heavy (non-hydrogen) atoms. The number of non-ortho nitro benzene ring substituents is 1. The highest BCUT2D eigenvalue weighted by Crippen LogP contribution is 2.29. The number of nitro benzene ring substituents is 1. The SMILES string of the molecule is CCCOc1ccc(-c2cccc(NS(=O)(=O)c3cc([N+](=O)[O-])ccc3Cl)c2)nn1. The summed E-state index contributed by atoms with van der Waals surface area (Å²) in [6.07, 6.45) is 0.847. The molecule has 0 bridgehead atoms. The fourth-order valence-electron chi connectivity index (χ4n) is 2.52. The minimum absolute atomic E-state index is 0.127. The van der Waals surface area contributed by atoms with Crippen LogP contribution in [-0.2, 0) is 10.0 Å². The average molecular weight is 449 g/mol. The second kappa shape index (κ2) is 9.06. The number of hydrogen-bond acceptors (Lipinski definition) is 7. The van der Waals surface area contributed by atoms with Crippen molar-refractivity contribution in [2.45, 2.75) is 18.2 Å². The van der Waals surface area contributed by atoms with Gasteiger partial charge in [0.2, 0.25) is 5.88 Å². The van der Waals surface area contributed by atoms with Crippen LogP contribution in [0.5, 0.6) is 5.88 Å². The lowest BCUT2D eigenvalue weighted by Gasteiger charge is -2.11. The van der Waals surface area contributed by atoms with E-state index in [9.17, 15) is 18.5 Å². The highest BCUT2D eigenvalue weighted by atomic mass is 35.5. The van der Waals surface area contributed by atoms with Gasteiger partial charge in [-0.25, -0.2) is 8.42 Å². The zero-order valence-electron chi connectivity index (χ0n) is 15.8. The van der Waals surface area contributed by atoms with Gasteiger partial charge in [0.25, 0.3) is 15.7 Å². The van der Waals surface area contributed by atoms with Crippen LogP contribution >= 0.6 is 11.6 Å². The quantitative estimate of drug-likeness (QED) is 0.402. The van der Waals surface area contributed by atoms with Crippen molar-refractivity contribution in [3.05, 3.63) is 69.7 Å². The van der Waals surface area contributed by atoms with E-state index in [1.165, 1.54) is 6.07 Å². The summed E-state index contributed by atoms with van der Waals surface area (Å²) in [7, 11) is -4.16. The fraction of sp³-hybridized carbons (Fsp3) is 0.158. The molecule has 0 aliphatic carbocycles. The van der Waals surface area contributed by atoms with Crippen LogP contribution in [0.3, 0.4) is 0 Å². The third-order valence-electron chi connectivity index (χ3n) is 3.92. The standard InChI is InChI=1S/C19H17ClN4O5S/c1-2-10-29-19-9-8-17(21-22-19)13-4-3-5-14(11-13)23-30(27,28)18-12-15(24(25)26)6-7-16(18)20/h3-9,11-12,23H,2,10H2,1H3. The number of anilines is 1. The van der Waals surface area contributed by atoms with Gasteiger partial charge in [0, 0.05) is 29.4 Å². The van der Waals surface area contributed by atoms with E-state index in [0.29, 0.717) is 23.7 Å². The maximum absolute atomic E-state index is 12.7. The van der Waals surface area contributed by atoms with Gasteiger partial charge in [0.1, 0.15) is 4.90 Å². The number of sulfonamides is 1. The van der Waals surface area contributed by atoms with Gasteiger partial charge in [-0.1, -0.05) is 30.7 Å². The first-order valence-corrected chi connectivity index (χ1v) is 10.7. The zero-order valence-corrected chi connectivity index (χ0v) is 17.4. The average Bonchev–Trinajstić information content (AvgIpc) is 2.72. The Labute approximate surface area is 177 Å². The lowest BCUT2D eigenvalue weighted by atomic mass is 10.1. The van der Waals surface area contributed by atoms with Gasteiger partial charge in [-0.3, -0.25) is 14.8 Å². The van der Waals surface area contributed by atoms with Crippen LogP contribution in [0.15, 0.2) is 59.5 Å². The summed E-state index contributed by atoms with van der Waals surface area (Å²) >= 11 is 5.96. The Morgan fingerprint density at radius 3 is 2.60 bits per heavy atom. The van der Waals surface area contributed by atoms with E-state index in [4.69, 9.17) is 16.3 Å². The molecule has 156 valence electrons. The van der Waals surface area contributed by atoms with Crippen molar-refractivity contribution in [3.63, 3.8) is 0 Å². The minimum atomic E-state index is -4.16. The van der Waals surface area contributed by atoms with Gasteiger partial charge in [-0.15, -0.1) is 10.2 Å². The number of aromatic nitrogens is 2. The van der Waals surface area contributed by atoms with Crippen LogP contribution in [0, 0.1) is 10.1 Å². The normalized spacial score (nSPS) is 11.1. The number of hydrogen-bond donors (Lipinski definition) is 1. The molecule has 0 atom stereocenters. The van der Waals surface area contributed by atoms with E-state index >= 15 is 0 Å². The number of ether oxygens (including phenoxy) is 1. The van der Waals surface area contributed by atoms with Crippen molar-refractivity contribution < 1.29 is 18.1 Å². The van der Waals surface area contributed by atoms with Gasteiger partial charge in [0.15, 0.2) is 0 Å². The van der Waals surface area contributed by atoms with Crippen LogP contribution in [0.2, 0.25) is 5.02 Å². The van der Waals surface area contributed by atoms with Gasteiger partial charge in [-0.05, 0) is 30.7 Å². The number of nitrogens with one attached hydrogen (secondary N) is 1. The molecule has 1 aromatic heterocycles. The number of rotatable bonds is 8. The molecule has 11 heteroatoms. The summed E-state index contributed by atoms with van der Waals surface area (Å²) in [6.45, 7) is 2.51. The Morgan fingerprint density at radius 1 is 1.13 bits per heavy atom. The van der Waals surface area contributed by atoms with Crippen LogP contribution in [-0.4, -0.2) is 30.1 Å². The molecule has 0 saturated heterocycles. The van der Waals surface area contributed by atoms with Crippen molar-refractivity contribution in [2.24, 2.45) is 0 Å². The fourth-order valence-corrected chi connectivity index (χ4v) is 4.09. The van der Waals surface area contributed by atoms with E-state index in [2.05, 4.69) is 14.9 Å². The van der Waals surface area contributed by atoms with Crippen LogP contribution in [0.4, 0.5) is 11.4 Å². The summed E-state index contributed by atoms with van der Waals surface area (Å²) < 4.78 is 33.2. The molecule has 0 amide bonds. The van der Waals surface area contributed by atoms with E-state index in [0.717, 1.165) is 18.6 Å². The Hall–Kier alpha value is -3.24. The van der Waals surface area contributed by atoms with E-state index in [1.807, 2.05) is 6.92 Å². The van der Waals surface area contributed by atoms with Gasteiger partial charge < -0.3 is 4.74 Å². The minimum Gasteiger partial charge on any atom is -0.477 e. The molecule has 0 aliphatic heterocycles. The molecule has 0 saturated carbocycles. The highest BCUT2D eigenvalue weighted by molar-refractivity contribution is 7.92. The van der Waals surface area contributed by atoms with Crippen molar-refractivity contribution in [1.29, 1.82) is 0 Å². The number of benzene rings is 2. The third kappa shape index (κ3) is 5.02. The van der Waals surface area contributed by atoms with Crippen LogP contribution in [0.25, 0.3) is 11.3 Å². The van der Waals surface area contributed by atoms with E-state index in [1.54, 1.807) is 36.4 Å². The summed E-state index contributed by atoms with van der Waals surface area (Å²) in [5, 5.41) is 18.9. The summed E-state index contributed by atoms with van der Waals surface area (Å²) in [5.41, 5.74) is 1.00. The highest BCUT2D eigenvalue weighted by Gasteiger charge is 2.22.